The van der Waals surface area contributed by atoms with E-state index in [1.54, 1.807) is 10.8 Å². The van der Waals surface area contributed by atoms with E-state index in [0.29, 0.717) is 11.6 Å². The maximum atomic E-state index is 6.51. The van der Waals surface area contributed by atoms with Crippen molar-refractivity contribution in [3.63, 3.8) is 0 Å². The Labute approximate surface area is 332 Å². The van der Waals surface area contributed by atoms with E-state index in [0.717, 1.165) is 52.9 Å². The average Bonchev–Trinajstić information content (AvgIpc) is 3.56. The molecule has 0 saturated heterocycles. The van der Waals surface area contributed by atoms with Crippen molar-refractivity contribution in [1.29, 1.82) is 0 Å². The highest BCUT2D eigenvalue weighted by Crippen LogP contribution is 2.45. The molecule has 1 saturated carbocycles. The molecule has 10 rings (SSSR count). The molecule has 2 aliphatic heterocycles. The van der Waals surface area contributed by atoms with E-state index in [1.165, 1.54) is 83.3 Å². The molecule has 4 nitrogen and oxygen atoms in total. The second-order valence-corrected chi connectivity index (χ2v) is 23.0. The third-order valence-corrected chi connectivity index (χ3v) is 15.3. The van der Waals surface area contributed by atoms with Gasteiger partial charge in [0, 0.05) is 51.3 Å². The second kappa shape index (κ2) is 13.8. The van der Waals surface area contributed by atoms with Crippen molar-refractivity contribution in [2.75, 3.05) is 0 Å². The van der Waals surface area contributed by atoms with Crippen LogP contribution in [-0.2, 0) is 12.8 Å². The molecule has 0 spiro atoms. The summed E-state index contributed by atoms with van der Waals surface area (Å²) in [5.41, 5.74) is 15.7. The van der Waals surface area contributed by atoms with Gasteiger partial charge in [0.15, 0.2) is 24.1 Å². The summed E-state index contributed by atoms with van der Waals surface area (Å²) in [4.78, 5) is 4.79. The zero-order chi connectivity index (χ0) is 38.1. The highest BCUT2D eigenvalue weighted by atomic mass is 28.3. The minimum Gasteiger partial charge on any atom is -0.438 e. The molecule has 5 heteroatoms. The maximum absolute atomic E-state index is 6.51. The van der Waals surface area contributed by atoms with Gasteiger partial charge in [0.2, 0.25) is 17.1 Å². The lowest BCUT2D eigenvalue weighted by molar-refractivity contribution is -0.719. The second-order valence-electron chi connectivity index (χ2n) is 18.0. The Morgan fingerprint density at radius 1 is 0.786 bits per heavy atom. The summed E-state index contributed by atoms with van der Waals surface area (Å²) in [6.45, 7) is 14.6. The van der Waals surface area contributed by atoms with Gasteiger partial charge in [-0.05, 0) is 96.8 Å². The predicted molar refractivity (Wildman–Crippen MR) is 233 cm³/mol. The van der Waals surface area contributed by atoms with Crippen LogP contribution in [0.3, 0.4) is 0 Å². The van der Waals surface area contributed by atoms with Crippen molar-refractivity contribution in [2.45, 2.75) is 96.3 Å². The third-order valence-electron chi connectivity index (χ3n) is 13.3. The van der Waals surface area contributed by atoms with Crippen LogP contribution in [0.2, 0.25) is 19.6 Å². The number of aryl methyl sites for hydroxylation is 2. The van der Waals surface area contributed by atoms with Gasteiger partial charge in [-0.3, -0.25) is 0 Å². The zero-order valence-corrected chi connectivity index (χ0v) is 34.4. The molecular formula is C51H53N3OSi+2. The standard InChI is InChI=1S/C51H53N3OSi/c1-33-20-22-43-45-31-44-38(30-49(45)55-51(43)52-33)21-23-42-40-18-12-13-19-41(40)47-29-39(27-35-14-8-6-9-15-35)50(56(3,4)5)32-54(47)46(42)26-34(2)53-25-24-37(28-48(44)53)36-16-10-7-11-17-36/h7,10-13,16-20,22,24-25,28-32,35,42,46H,2,6,8-9,14-15,21,23,26-27H2,1,3-5H3/q+2. The first-order valence-corrected chi connectivity index (χ1v) is 24.5. The highest BCUT2D eigenvalue weighted by Gasteiger charge is 2.44. The van der Waals surface area contributed by atoms with Crippen LogP contribution in [0.5, 0.6) is 0 Å². The Kier molecular flexibility index (Phi) is 8.70. The molecule has 280 valence electrons. The molecule has 1 aliphatic carbocycles. The Bertz CT molecular complexity index is 2660. The van der Waals surface area contributed by atoms with Crippen LogP contribution in [0, 0.1) is 12.8 Å². The summed E-state index contributed by atoms with van der Waals surface area (Å²) in [6.07, 6.45) is 15.9. The first-order chi connectivity index (χ1) is 27.2. The van der Waals surface area contributed by atoms with Crippen molar-refractivity contribution < 1.29 is 13.6 Å². The lowest BCUT2D eigenvalue weighted by atomic mass is 9.77. The van der Waals surface area contributed by atoms with Crippen LogP contribution in [-0.4, -0.2) is 13.1 Å². The molecule has 2 atom stereocenters. The fourth-order valence-electron chi connectivity index (χ4n) is 10.4. The summed E-state index contributed by atoms with van der Waals surface area (Å²) < 4.78 is 11.6. The van der Waals surface area contributed by atoms with Crippen molar-refractivity contribution in [2.24, 2.45) is 5.92 Å². The van der Waals surface area contributed by atoms with Crippen LogP contribution >= 0.6 is 0 Å². The van der Waals surface area contributed by atoms with Crippen LogP contribution in [0.25, 0.3) is 61.4 Å². The number of hydrogen-bond acceptors (Lipinski definition) is 2. The van der Waals surface area contributed by atoms with Gasteiger partial charge in [0.25, 0.3) is 0 Å². The quantitative estimate of drug-likeness (QED) is 0.133. The molecule has 0 N–H and O–H groups in total. The molecule has 4 aromatic heterocycles. The van der Waals surface area contributed by atoms with Gasteiger partial charge in [-0.15, -0.1) is 0 Å². The predicted octanol–water partition coefficient (Wildman–Crippen LogP) is 11.7. The van der Waals surface area contributed by atoms with Gasteiger partial charge in [0.1, 0.15) is 5.58 Å². The molecule has 0 amide bonds. The topological polar surface area (TPSA) is 33.8 Å². The van der Waals surface area contributed by atoms with E-state index < -0.39 is 8.07 Å². The van der Waals surface area contributed by atoms with E-state index in [9.17, 15) is 0 Å². The van der Waals surface area contributed by atoms with E-state index in [-0.39, 0.29) is 6.04 Å². The van der Waals surface area contributed by atoms with Crippen LogP contribution in [0.4, 0.5) is 0 Å². The van der Waals surface area contributed by atoms with Gasteiger partial charge in [-0.2, -0.15) is 9.13 Å². The number of rotatable bonds is 4. The van der Waals surface area contributed by atoms with E-state index >= 15 is 0 Å². The Hall–Kier alpha value is -5.13. The minimum atomic E-state index is -1.68. The molecule has 3 aliphatic rings. The van der Waals surface area contributed by atoms with Crippen LogP contribution in [0.15, 0.2) is 120 Å². The number of benzene rings is 3. The number of hydrogen-bond donors (Lipinski definition) is 0. The zero-order valence-electron chi connectivity index (χ0n) is 33.4. The number of fused-ring (bicyclic) bond motifs is 12. The normalized spacial score (nSPS) is 18.5. The smallest absolute Gasteiger partial charge is 0.227 e. The molecule has 56 heavy (non-hydrogen) atoms. The van der Waals surface area contributed by atoms with Crippen LogP contribution in [0.1, 0.15) is 79.3 Å². The van der Waals surface area contributed by atoms with Gasteiger partial charge in [-0.25, -0.2) is 4.98 Å². The monoisotopic (exact) mass is 751 g/mol. The molecule has 6 heterocycles. The largest absolute Gasteiger partial charge is 0.438 e. The minimum absolute atomic E-state index is 0.240. The van der Waals surface area contributed by atoms with E-state index in [1.807, 2.05) is 6.92 Å². The summed E-state index contributed by atoms with van der Waals surface area (Å²) in [7, 11) is -1.68. The Morgan fingerprint density at radius 3 is 2.41 bits per heavy atom. The first-order valence-electron chi connectivity index (χ1n) is 21.0. The summed E-state index contributed by atoms with van der Waals surface area (Å²) in [5, 5.41) is 3.80. The number of aromatic nitrogens is 3. The number of furan rings is 1. The molecule has 3 aromatic carbocycles. The van der Waals surface area contributed by atoms with Crippen LogP contribution < -0.4 is 14.3 Å². The highest BCUT2D eigenvalue weighted by molar-refractivity contribution is 6.89. The molecule has 0 radical (unpaired) electrons. The van der Waals surface area contributed by atoms with Gasteiger partial charge in [-0.1, -0.05) is 100 Å². The van der Waals surface area contributed by atoms with Crippen molar-refractivity contribution in [1.82, 2.24) is 4.98 Å². The van der Waals surface area contributed by atoms with Gasteiger partial charge >= 0.3 is 0 Å². The summed E-state index contributed by atoms with van der Waals surface area (Å²) in [5.74, 6) is 1.13. The van der Waals surface area contributed by atoms with E-state index in [4.69, 9.17) is 16.0 Å². The first kappa shape index (κ1) is 35.3. The Morgan fingerprint density at radius 2 is 1.59 bits per heavy atom. The number of pyridine rings is 3. The molecule has 2 unspecified atom stereocenters. The lowest BCUT2D eigenvalue weighted by Crippen LogP contribution is -2.54. The average molecular weight is 752 g/mol. The van der Waals surface area contributed by atoms with Crippen molar-refractivity contribution in [3.8, 4) is 33.6 Å². The van der Waals surface area contributed by atoms with Crippen molar-refractivity contribution in [3.05, 3.63) is 138 Å². The molecule has 0 bridgehead atoms. The third kappa shape index (κ3) is 6.16. The molecule has 7 aromatic rings. The van der Waals surface area contributed by atoms with E-state index in [2.05, 4.69) is 138 Å². The molecular weight excluding hydrogens is 699 g/mol. The van der Waals surface area contributed by atoms with Gasteiger partial charge < -0.3 is 4.42 Å². The number of nitrogens with zero attached hydrogens (tertiary/aromatic N) is 3. The van der Waals surface area contributed by atoms with Gasteiger partial charge in [0.05, 0.1) is 20.1 Å². The fraction of sp³-hybridized carbons (Fsp3) is 0.314. The summed E-state index contributed by atoms with van der Waals surface area (Å²) >= 11 is 0. The maximum Gasteiger partial charge on any atom is 0.227 e. The van der Waals surface area contributed by atoms with Crippen molar-refractivity contribution >= 4 is 41.0 Å². The lowest BCUT2D eigenvalue weighted by Gasteiger charge is -2.33. The molecule has 1 fully saturated rings. The SMILES string of the molecule is C=C1CC2C(CCc3cc4oc5nc(C)ccc5c4cc3-c3cc(-c4ccccc4)cc[n+]31)c1ccccc1-c1cc(CC3CCCCC3)c([Si](C)(C)C)c[n+]12. The Balaban J connectivity index is 1.17. The number of allylic oxidation sites excluding steroid dienone is 1. The fourth-order valence-corrected chi connectivity index (χ4v) is 12.1. The summed E-state index contributed by atoms with van der Waals surface area (Å²) in [6, 6.07) is 36.5.